The maximum absolute atomic E-state index is 11.8. The molecule has 0 aliphatic rings. The zero-order valence-corrected chi connectivity index (χ0v) is 4.87. The highest BCUT2D eigenvalue weighted by Crippen LogP contribution is 1.97. The zero-order chi connectivity index (χ0) is 4.99. The minimum absolute atomic E-state index is 0.469. The number of rotatable bonds is 2. The van der Waals surface area contributed by atoms with Crippen LogP contribution in [0.3, 0.4) is 0 Å². The van der Waals surface area contributed by atoms with Crippen molar-refractivity contribution in [3.8, 4) is 0 Å². The topological polar surface area (TPSA) is 0 Å². The van der Waals surface area contributed by atoms with Crippen molar-refractivity contribution in [2.75, 3.05) is 0 Å². The van der Waals surface area contributed by atoms with Gasteiger partial charge in [0, 0.05) is 10.2 Å². The van der Waals surface area contributed by atoms with Crippen molar-refractivity contribution in [2.24, 2.45) is 0 Å². The highest BCUT2D eigenvalue weighted by Gasteiger charge is 1.94. The number of hydrogen-bond donors (Lipinski definition) is 0. The predicted molar refractivity (Wildman–Crippen MR) is 25.7 cm³/mol. The van der Waals surface area contributed by atoms with Gasteiger partial charge in [-0.25, -0.2) is 4.39 Å². The maximum Gasteiger partial charge on any atom is 0.0969 e. The van der Waals surface area contributed by atoms with Gasteiger partial charge in [-0.1, -0.05) is 6.92 Å². The van der Waals surface area contributed by atoms with E-state index in [2.05, 4.69) is 10.2 Å². The zero-order valence-electron chi connectivity index (χ0n) is 3.87. The van der Waals surface area contributed by atoms with Crippen molar-refractivity contribution in [2.45, 2.75) is 25.6 Å². The molecule has 1 atom stereocenters. The van der Waals surface area contributed by atoms with E-state index in [1.807, 2.05) is 6.92 Å². The molecule has 0 fully saturated rings. The van der Waals surface area contributed by atoms with Gasteiger partial charge in [-0.2, -0.15) is 0 Å². The van der Waals surface area contributed by atoms with Crippen LogP contribution in [0.25, 0.3) is 0 Å². The van der Waals surface area contributed by atoms with E-state index in [9.17, 15) is 4.39 Å². The third-order valence-electron chi connectivity index (χ3n) is 0.664. The first-order valence-corrected chi connectivity index (χ1v) is 2.80. The van der Waals surface area contributed by atoms with Crippen molar-refractivity contribution >= 4 is 10.2 Å². The van der Waals surface area contributed by atoms with E-state index in [0.29, 0.717) is 12.5 Å². The molecule has 0 aromatic heterocycles. The summed E-state index contributed by atoms with van der Waals surface area (Å²) in [7, 11) is 3.04. The fourth-order valence-corrected chi connectivity index (χ4v) is 0.433. The molecule has 35 valence electrons. The third-order valence-corrected chi connectivity index (χ3v) is 1.11. The van der Waals surface area contributed by atoms with Crippen molar-refractivity contribution in [3.63, 3.8) is 0 Å². The Labute approximate surface area is 41.2 Å². The van der Waals surface area contributed by atoms with Crippen LogP contribution in [-0.2, 0) is 0 Å². The summed E-state index contributed by atoms with van der Waals surface area (Å²) in [6, 6.07) is 0.469. The molecule has 0 N–H and O–H groups in total. The summed E-state index contributed by atoms with van der Waals surface area (Å²) in [6.45, 7) is 1.82. The summed E-state index contributed by atoms with van der Waals surface area (Å²) in [5, 5.41) is 0. The lowest BCUT2D eigenvalue weighted by Gasteiger charge is -1.94. The molecular formula is C4H8FSi. The van der Waals surface area contributed by atoms with E-state index >= 15 is 0 Å². The molecule has 0 saturated carbocycles. The van der Waals surface area contributed by atoms with Gasteiger partial charge in [0.15, 0.2) is 0 Å². The van der Waals surface area contributed by atoms with Crippen LogP contribution in [0.2, 0.25) is 6.04 Å². The SMILES string of the molecule is CCC(F)C[Si]. The fourth-order valence-electron chi connectivity index (χ4n) is 0.144. The smallest absolute Gasteiger partial charge is 0.0969 e. The van der Waals surface area contributed by atoms with Gasteiger partial charge >= 0.3 is 0 Å². The second-order valence-corrected chi connectivity index (χ2v) is 1.62. The second kappa shape index (κ2) is 3.34. The predicted octanol–water partition coefficient (Wildman–Crippen LogP) is 1.32. The first kappa shape index (κ1) is 6.15. The molecule has 2 heteroatoms. The Morgan fingerprint density at radius 3 is 2.33 bits per heavy atom. The molecule has 0 heterocycles. The average Bonchev–Trinajstić information content (AvgIpc) is 1.65. The molecule has 1 unspecified atom stereocenters. The molecule has 0 nitrogen and oxygen atoms in total. The van der Waals surface area contributed by atoms with E-state index in [-0.39, 0.29) is 0 Å². The van der Waals surface area contributed by atoms with Crippen LogP contribution in [0, 0.1) is 0 Å². The summed E-state index contributed by atoms with van der Waals surface area (Å²) >= 11 is 0. The van der Waals surface area contributed by atoms with E-state index in [0.717, 1.165) is 0 Å². The van der Waals surface area contributed by atoms with E-state index in [1.165, 1.54) is 0 Å². The van der Waals surface area contributed by atoms with Gasteiger partial charge in [0.1, 0.15) is 0 Å². The van der Waals surface area contributed by atoms with Crippen molar-refractivity contribution < 1.29 is 4.39 Å². The molecular weight excluding hydrogens is 95.1 g/mol. The van der Waals surface area contributed by atoms with Gasteiger partial charge in [-0.05, 0) is 12.5 Å². The molecule has 0 aromatic rings. The summed E-state index contributed by atoms with van der Waals surface area (Å²) < 4.78 is 11.8. The Bertz CT molecular complexity index is 26.7. The van der Waals surface area contributed by atoms with Crippen LogP contribution < -0.4 is 0 Å². The van der Waals surface area contributed by atoms with Crippen LogP contribution in [0.15, 0.2) is 0 Å². The molecule has 0 aliphatic heterocycles. The molecule has 0 aliphatic carbocycles. The Balaban J connectivity index is 2.75. The number of hydrogen-bond acceptors (Lipinski definition) is 0. The Kier molecular flexibility index (Phi) is 3.42. The van der Waals surface area contributed by atoms with Gasteiger partial charge in [0.2, 0.25) is 0 Å². The largest absolute Gasteiger partial charge is 0.248 e. The van der Waals surface area contributed by atoms with Crippen LogP contribution in [0.4, 0.5) is 4.39 Å². The molecule has 0 aromatic carbocycles. The minimum atomic E-state index is -0.651. The molecule has 0 saturated heterocycles. The molecule has 0 bridgehead atoms. The number of halogens is 1. The fraction of sp³-hybridized carbons (Fsp3) is 1.00. The lowest BCUT2D eigenvalue weighted by Crippen LogP contribution is -1.93. The van der Waals surface area contributed by atoms with Gasteiger partial charge in [-0.3, -0.25) is 0 Å². The van der Waals surface area contributed by atoms with Crippen LogP contribution in [-0.4, -0.2) is 16.4 Å². The second-order valence-electron chi connectivity index (χ2n) is 1.21. The Morgan fingerprint density at radius 1 is 1.83 bits per heavy atom. The first-order chi connectivity index (χ1) is 2.81. The minimum Gasteiger partial charge on any atom is -0.248 e. The normalized spacial score (nSPS) is 14.5. The summed E-state index contributed by atoms with van der Waals surface area (Å²) in [4.78, 5) is 0. The van der Waals surface area contributed by atoms with Gasteiger partial charge < -0.3 is 0 Å². The summed E-state index contributed by atoms with van der Waals surface area (Å²) in [5.74, 6) is 0. The van der Waals surface area contributed by atoms with E-state index in [4.69, 9.17) is 0 Å². The quantitative estimate of drug-likeness (QED) is 0.462. The van der Waals surface area contributed by atoms with Gasteiger partial charge in [0.25, 0.3) is 0 Å². The van der Waals surface area contributed by atoms with Gasteiger partial charge in [-0.15, -0.1) is 0 Å². The average molecular weight is 103 g/mol. The third kappa shape index (κ3) is 2.39. The van der Waals surface area contributed by atoms with Crippen molar-refractivity contribution in [1.82, 2.24) is 0 Å². The lowest BCUT2D eigenvalue weighted by molar-refractivity contribution is 0.353. The maximum atomic E-state index is 11.8. The van der Waals surface area contributed by atoms with Crippen LogP contribution in [0.1, 0.15) is 13.3 Å². The Morgan fingerprint density at radius 2 is 2.33 bits per heavy atom. The molecule has 0 rings (SSSR count). The van der Waals surface area contributed by atoms with E-state index in [1.54, 1.807) is 0 Å². The molecule has 6 heavy (non-hydrogen) atoms. The highest BCUT2D eigenvalue weighted by atomic mass is 28.1. The Hall–Kier alpha value is 0.147. The summed E-state index contributed by atoms with van der Waals surface area (Å²) in [5.41, 5.74) is 0. The lowest BCUT2D eigenvalue weighted by atomic mass is 10.3. The van der Waals surface area contributed by atoms with Crippen molar-refractivity contribution in [3.05, 3.63) is 0 Å². The highest BCUT2D eigenvalue weighted by molar-refractivity contribution is 6.08. The standard InChI is InChI=1S/C4H8FSi/c1-2-4(5)3-6/h4H,2-3H2,1H3. The molecule has 0 amide bonds. The van der Waals surface area contributed by atoms with Gasteiger partial charge in [0.05, 0.1) is 6.17 Å². The van der Waals surface area contributed by atoms with Crippen LogP contribution in [0.5, 0.6) is 0 Å². The van der Waals surface area contributed by atoms with Crippen molar-refractivity contribution in [1.29, 1.82) is 0 Å². The van der Waals surface area contributed by atoms with E-state index < -0.39 is 6.17 Å². The molecule has 0 spiro atoms. The monoisotopic (exact) mass is 103 g/mol. The van der Waals surface area contributed by atoms with Crippen LogP contribution >= 0.6 is 0 Å². The molecule has 3 radical (unpaired) electrons. The first-order valence-electron chi connectivity index (χ1n) is 2.10. The summed E-state index contributed by atoms with van der Waals surface area (Å²) in [6.07, 6.45) is -0.0367. The number of alkyl halides is 1.